The molecule has 14 nitrogen and oxygen atoms in total. The molecule has 1 atom stereocenters. The van der Waals surface area contributed by atoms with Crippen LogP contribution in [-0.4, -0.2) is 83.9 Å². The molecule has 240 valence electrons. The molecular weight excluding hydrogens is 610 g/mol. The van der Waals surface area contributed by atoms with Crippen LogP contribution in [0, 0.1) is 15.9 Å². The molecule has 0 saturated carbocycles. The van der Waals surface area contributed by atoms with Crippen molar-refractivity contribution >= 4 is 40.1 Å². The fourth-order valence-electron chi connectivity index (χ4n) is 4.90. The molecule has 1 N–H and O–H groups in total. The molecule has 1 unspecified atom stereocenters. The van der Waals surface area contributed by atoms with E-state index in [0.29, 0.717) is 5.69 Å². The van der Waals surface area contributed by atoms with Crippen LogP contribution in [0.25, 0.3) is 11.0 Å². The highest BCUT2D eigenvalue weighted by molar-refractivity contribution is 6.11. The summed E-state index contributed by atoms with van der Waals surface area (Å²) < 4.78 is 43.4. The highest BCUT2D eigenvalue weighted by Crippen LogP contribution is 2.32. The number of ether oxygens (including phenoxy) is 2. The highest BCUT2D eigenvalue weighted by Gasteiger charge is 2.38. The number of imide groups is 1. The van der Waals surface area contributed by atoms with Gasteiger partial charge in [0.25, 0.3) is 11.8 Å². The molecule has 1 aliphatic rings. The summed E-state index contributed by atoms with van der Waals surface area (Å²) in [5, 5.41) is 21.6. The average molecular weight is 639 g/mol. The molecular formula is C30H28F2N6O8. The third-order valence-electron chi connectivity index (χ3n) is 7.16. The number of alkyl halides is 1. The number of fused-ring (bicyclic) bond motifs is 2. The molecule has 3 amide bonds. The Morgan fingerprint density at radius 3 is 2.54 bits per heavy atom. The first-order valence-corrected chi connectivity index (χ1v) is 14.1. The van der Waals surface area contributed by atoms with Gasteiger partial charge in [-0.05, 0) is 40.1 Å². The fourth-order valence-corrected chi connectivity index (χ4v) is 4.90. The maximum Gasteiger partial charge on any atom is 0.300 e. The molecule has 0 fully saturated rings. The van der Waals surface area contributed by atoms with Crippen LogP contribution in [0.3, 0.4) is 0 Å². The monoisotopic (exact) mass is 638 g/mol. The van der Waals surface area contributed by atoms with Crippen molar-refractivity contribution < 1.29 is 42.2 Å². The predicted molar refractivity (Wildman–Crippen MR) is 157 cm³/mol. The van der Waals surface area contributed by atoms with E-state index >= 15 is 0 Å². The number of hydrogen-bond acceptors (Lipinski definition) is 11. The van der Waals surface area contributed by atoms with Gasteiger partial charge >= 0.3 is 5.69 Å². The normalized spacial score (nSPS) is 14.4. The maximum absolute atomic E-state index is 14.5. The number of nitro groups is 1. The number of nitro benzene ring substituents is 1. The lowest BCUT2D eigenvalue weighted by atomic mass is 9.97. The first-order valence-electron chi connectivity index (χ1n) is 14.1. The molecule has 0 saturated heterocycles. The van der Waals surface area contributed by atoms with Crippen molar-refractivity contribution in [3.8, 4) is 0 Å². The SMILES string of the molecule is O=C(COCCOCCN1C(=O)c2ccccc2C(F)C1=O)NCCN(Cc1ccc(F)cc1)c1ccc([N+](=O)[O-])c2nonc12. The van der Waals surface area contributed by atoms with Crippen LogP contribution in [0.2, 0.25) is 0 Å². The van der Waals surface area contributed by atoms with Gasteiger partial charge < -0.3 is 19.7 Å². The zero-order chi connectivity index (χ0) is 32.6. The van der Waals surface area contributed by atoms with Crippen molar-refractivity contribution in [3.05, 3.63) is 93.3 Å². The molecule has 3 aromatic carbocycles. The summed E-state index contributed by atoms with van der Waals surface area (Å²) in [5.41, 5.74) is 1.25. The van der Waals surface area contributed by atoms with E-state index < -0.39 is 34.6 Å². The van der Waals surface area contributed by atoms with Crippen molar-refractivity contribution in [3.63, 3.8) is 0 Å². The minimum absolute atomic E-state index is 0.0303. The van der Waals surface area contributed by atoms with Crippen LogP contribution in [-0.2, 0) is 25.6 Å². The first-order chi connectivity index (χ1) is 22.2. The Bertz CT molecular complexity index is 1730. The van der Waals surface area contributed by atoms with E-state index in [0.717, 1.165) is 10.5 Å². The lowest BCUT2D eigenvalue weighted by Gasteiger charge is -2.28. The Kier molecular flexibility index (Phi) is 10.2. The lowest BCUT2D eigenvalue weighted by molar-refractivity contribution is -0.383. The smallest absolute Gasteiger partial charge is 0.300 e. The Labute approximate surface area is 260 Å². The van der Waals surface area contributed by atoms with Crippen LogP contribution >= 0.6 is 0 Å². The molecule has 1 aromatic heterocycles. The molecule has 0 bridgehead atoms. The molecule has 0 spiro atoms. The van der Waals surface area contributed by atoms with Gasteiger partial charge in [0.15, 0.2) is 5.52 Å². The van der Waals surface area contributed by atoms with Crippen molar-refractivity contribution in [1.82, 2.24) is 20.5 Å². The van der Waals surface area contributed by atoms with E-state index in [2.05, 4.69) is 15.6 Å². The maximum atomic E-state index is 14.5. The Morgan fingerprint density at radius 2 is 1.76 bits per heavy atom. The van der Waals surface area contributed by atoms with Crippen molar-refractivity contribution in [2.24, 2.45) is 0 Å². The fraction of sp³-hybridized carbons (Fsp3) is 0.300. The van der Waals surface area contributed by atoms with Gasteiger partial charge in [0.1, 0.15) is 12.4 Å². The molecule has 46 heavy (non-hydrogen) atoms. The third-order valence-corrected chi connectivity index (χ3v) is 7.16. The Morgan fingerprint density at radius 1 is 1.02 bits per heavy atom. The number of carbonyl (C=O) groups is 3. The molecule has 0 aliphatic carbocycles. The quantitative estimate of drug-likeness (QED) is 0.0878. The second kappa shape index (κ2) is 14.6. The lowest BCUT2D eigenvalue weighted by Crippen LogP contribution is -2.45. The van der Waals surface area contributed by atoms with Gasteiger partial charge in [-0.2, -0.15) is 0 Å². The standard InChI is InChI=1S/C30H28F2N6O8/c31-20-7-5-19(6-8-20)17-36(23-9-10-24(38(42)43)28-27(23)34-46-35-28)12-11-33-25(39)18-45-16-15-44-14-13-37-29(40)22-4-2-1-3-21(22)26(32)30(37)41/h1-10,26H,11-18H2,(H,33,39). The molecule has 5 rings (SSSR count). The second-order valence-electron chi connectivity index (χ2n) is 10.1. The number of carbonyl (C=O) groups excluding carboxylic acids is 3. The summed E-state index contributed by atoms with van der Waals surface area (Å²) in [7, 11) is 0. The van der Waals surface area contributed by atoms with Gasteiger partial charge in [-0.3, -0.25) is 29.4 Å². The summed E-state index contributed by atoms with van der Waals surface area (Å²) in [6.07, 6.45) is -1.92. The average Bonchev–Trinajstić information content (AvgIpc) is 3.55. The van der Waals surface area contributed by atoms with E-state index in [9.17, 15) is 33.3 Å². The van der Waals surface area contributed by atoms with E-state index in [4.69, 9.17) is 14.1 Å². The number of nitrogens with one attached hydrogen (secondary N) is 1. The van der Waals surface area contributed by atoms with Gasteiger partial charge in [-0.1, -0.05) is 30.3 Å². The van der Waals surface area contributed by atoms with Crippen LogP contribution in [0.5, 0.6) is 0 Å². The van der Waals surface area contributed by atoms with Gasteiger partial charge in [-0.25, -0.2) is 13.4 Å². The summed E-state index contributed by atoms with van der Waals surface area (Å²) >= 11 is 0. The van der Waals surface area contributed by atoms with E-state index in [1.165, 1.54) is 36.4 Å². The number of non-ortho nitro benzene ring substituents is 1. The number of aromatic nitrogens is 2. The highest BCUT2D eigenvalue weighted by atomic mass is 19.1. The summed E-state index contributed by atoms with van der Waals surface area (Å²) in [6.45, 7) is 0.309. The van der Waals surface area contributed by atoms with Crippen molar-refractivity contribution in [2.45, 2.75) is 12.7 Å². The summed E-state index contributed by atoms with van der Waals surface area (Å²) in [4.78, 5) is 50.7. The van der Waals surface area contributed by atoms with Crippen molar-refractivity contribution in [2.75, 3.05) is 51.0 Å². The van der Waals surface area contributed by atoms with Gasteiger partial charge in [-0.15, -0.1) is 0 Å². The minimum atomic E-state index is -1.92. The predicted octanol–water partition coefficient (Wildman–Crippen LogP) is 3.12. The number of anilines is 1. The minimum Gasteiger partial charge on any atom is -0.377 e. The number of halogens is 2. The number of benzene rings is 3. The number of rotatable bonds is 15. The number of amides is 3. The van der Waals surface area contributed by atoms with Gasteiger partial charge in [0, 0.05) is 36.8 Å². The zero-order valence-electron chi connectivity index (χ0n) is 24.3. The topological polar surface area (TPSA) is 170 Å². The number of hydrogen-bond donors (Lipinski definition) is 1. The zero-order valence-corrected chi connectivity index (χ0v) is 24.3. The third kappa shape index (κ3) is 7.30. The largest absolute Gasteiger partial charge is 0.377 e. The van der Waals surface area contributed by atoms with Crippen molar-refractivity contribution in [1.29, 1.82) is 0 Å². The van der Waals surface area contributed by atoms with E-state index in [-0.39, 0.29) is 80.5 Å². The summed E-state index contributed by atoms with van der Waals surface area (Å²) in [6, 6.07) is 14.6. The molecule has 16 heteroatoms. The summed E-state index contributed by atoms with van der Waals surface area (Å²) in [5.74, 6) is -2.35. The Balaban J connectivity index is 1.07. The van der Waals surface area contributed by atoms with Crippen LogP contribution in [0.15, 0.2) is 65.3 Å². The second-order valence-corrected chi connectivity index (χ2v) is 10.1. The first kappa shape index (κ1) is 32.1. The molecule has 1 aliphatic heterocycles. The van der Waals surface area contributed by atoms with Gasteiger partial charge in [0.2, 0.25) is 17.6 Å². The molecule has 4 aromatic rings. The molecule has 2 heterocycles. The van der Waals surface area contributed by atoms with Gasteiger partial charge in [0.05, 0.1) is 37.0 Å². The van der Waals surface area contributed by atoms with E-state index in [1.807, 2.05) is 0 Å². The van der Waals surface area contributed by atoms with Crippen LogP contribution < -0.4 is 10.2 Å². The van der Waals surface area contributed by atoms with E-state index in [1.54, 1.807) is 29.2 Å². The van der Waals surface area contributed by atoms with Crippen LogP contribution in [0.1, 0.15) is 27.7 Å². The number of nitrogens with zero attached hydrogens (tertiary/aromatic N) is 5. The Hall–Kier alpha value is -5.35. The molecule has 0 radical (unpaired) electrons. The van der Waals surface area contributed by atoms with Crippen LogP contribution in [0.4, 0.5) is 20.2 Å².